The fraction of sp³-hybridized carbons (Fsp3) is 0.172. The Bertz CT molecular complexity index is 1180. The molecular weight excluding hydrogens is 392 g/mol. The van der Waals surface area contributed by atoms with Crippen LogP contribution in [-0.2, 0) is 10.8 Å². The summed E-state index contributed by atoms with van der Waals surface area (Å²) in [6.07, 6.45) is 0.941. The first-order valence-electron chi connectivity index (χ1n) is 10.8. The van der Waals surface area contributed by atoms with Crippen LogP contribution >= 0.6 is 0 Å². The first-order valence-corrected chi connectivity index (χ1v) is 11.7. The van der Waals surface area contributed by atoms with Crippen LogP contribution in [0, 0.1) is 20.8 Å². The Kier molecular flexibility index (Phi) is 6.81. The van der Waals surface area contributed by atoms with E-state index in [4.69, 9.17) is 4.43 Å². The number of benzene rings is 4. The van der Waals surface area contributed by atoms with Crippen molar-refractivity contribution in [3.63, 3.8) is 0 Å². The van der Waals surface area contributed by atoms with Crippen molar-refractivity contribution in [3.8, 4) is 22.3 Å². The topological polar surface area (TPSA) is 9.23 Å². The van der Waals surface area contributed by atoms with Crippen molar-refractivity contribution in [1.82, 2.24) is 0 Å². The van der Waals surface area contributed by atoms with Crippen LogP contribution in [0.4, 0.5) is 0 Å². The Morgan fingerprint density at radius 1 is 0.581 bits per heavy atom. The second kappa shape index (κ2) is 9.91. The van der Waals surface area contributed by atoms with Gasteiger partial charge in [0.05, 0.1) is 0 Å². The van der Waals surface area contributed by atoms with Gasteiger partial charge < -0.3 is 4.43 Å². The molecule has 0 N–H and O–H groups in total. The minimum atomic E-state index is 0.312. The second-order valence-electron chi connectivity index (χ2n) is 7.98. The van der Waals surface area contributed by atoms with Gasteiger partial charge in [0.1, 0.15) is 0 Å². The van der Waals surface area contributed by atoms with E-state index in [1.165, 1.54) is 49.7 Å². The van der Waals surface area contributed by atoms with Gasteiger partial charge in [0.15, 0.2) is 0 Å². The van der Waals surface area contributed by atoms with Crippen LogP contribution in [0.3, 0.4) is 0 Å². The number of aryl methyl sites for hydroxylation is 3. The molecule has 31 heavy (non-hydrogen) atoms. The molecule has 0 saturated carbocycles. The van der Waals surface area contributed by atoms with Crippen LogP contribution in [-0.4, -0.2) is 16.4 Å². The summed E-state index contributed by atoms with van der Waals surface area (Å²) in [5.41, 5.74) is 10.4. The first-order chi connectivity index (χ1) is 15.1. The molecule has 0 saturated heterocycles. The molecule has 4 aromatic carbocycles. The van der Waals surface area contributed by atoms with Crippen LogP contribution in [0.2, 0.25) is 0 Å². The van der Waals surface area contributed by atoms with Crippen molar-refractivity contribution in [2.24, 2.45) is 0 Å². The van der Waals surface area contributed by atoms with Crippen molar-refractivity contribution in [3.05, 3.63) is 113 Å². The predicted octanol–water partition coefficient (Wildman–Crippen LogP) is 6.45. The van der Waals surface area contributed by atoms with E-state index in [1.54, 1.807) is 0 Å². The van der Waals surface area contributed by atoms with E-state index in [9.17, 15) is 0 Å². The summed E-state index contributed by atoms with van der Waals surface area (Å²) in [6.45, 7) is 7.27. The lowest BCUT2D eigenvalue weighted by Gasteiger charge is -2.18. The summed E-state index contributed by atoms with van der Waals surface area (Å²) in [5.74, 6) is 0. The molecule has 4 rings (SSSR count). The van der Waals surface area contributed by atoms with E-state index in [2.05, 4.69) is 112 Å². The van der Waals surface area contributed by atoms with Gasteiger partial charge in [-0.15, -0.1) is 0 Å². The summed E-state index contributed by atoms with van der Waals surface area (Å²) in [4.78, 5) is 0. The number of hydrogen-bond acceptors (Lipinski definition) is 1. The highest BCUT2D eigenvalue weighted by Crippen LogP contribution is 2.34. The average Bonchev–Trinajstić information content (AvgIpc) is 2.78. The summed E-state index contributed by atoms with van der Waals surface area (Å²) in [7, 11) is 0.312. The monoisotopic (exact) mass is 420 g/mol. The van der Waals surface area contributed by atoms with Crippen LogP contribution in [0.15, 0.2) is 91.0 Å². The van der Waals surface area contributed by atoms with Gasteiger partial charge in [-0.2, -0.15) is 0 Å². The van der Waals surface area contributed by atoms with Crippen molar-refractivity contribution in [2.45, 2.75) is 27.2 Å². The quantitative estimate of drug-likeness (QED) is 0.247. The maximum absolute atomic E-state index is 6.23. The molecule has 0 amide bonds. The molecule has 0 unspecified atom stereocenters. The predicted molar refractivity (Wildman–Crippen MR) is 133 cm³/mol. The lowest BCUT2D eigenvalue weighted by atomic mass is 9.90. The third-order valence-electron chi connectivity index (χ3n) is 5.83. The molecule has 0 aliphatic heterocycles. The maximum atomic E-state index is 6.23. The van der Waals surface area contributed by atoms with Crippen LogP contribution < -0.4 is 5.19 Å². The van der Waals surface area contributed by atoms with Crippen molar-refractivity contribution >= 4 is 14.9 Å². The Morgan fingerprint density at radius 2 is 1.16 bits per heavy atom. The normalized spacial score (nSPS) is 10.9. The molecule has 0 bridgehead atoms. The minimum absolute atomic E-state index is 0.312. The summed E-state index contributed by atoms with van der Waals surface area (Å²) < 4.78 is 6.23. The SMILES string of the molecule is Cc1ccccc1CCO[Si]c1cccc(-c2ccccc2C)c1-c1ccccc1C. The molecule has 0 atom stereocenters. The van der Waals surface area contributed by atoms with Gasteiger partial charge in [-0.1, -0.05) is 91.0 Å². The maximum Gasteiger partial charge on any atom is 0.269 e. The fourth-order valence-corrected chi connectivity index (χ4v) is 4.96. The average molecular weight is 421 g/mol. The summed E-state index contributed by atoms with van der Waals surface area (Å²) in [6, 6.07) is 32.5. The second-order valence-corrected chi connectivity index (χ2v) is 9.02. The van der Waals surface area contributed by atoms with E-state index in [-0.39, 0.29) is 0 Å². The lowest BCUT2D eigenvalue weighted by molar-refractivity contribution is 0.346. The van der Waals surface area contributed by atoms with Crippen LogP contribution in [0.5, 0.6) is 0 Å². The molecular formula is C29H28OSi. The molecule has 4 aromatic rings. The van der Waals surface area contributed by atoms with Crippen LogP contribution in [0.25, 0.3) is 22.3 Å². The zero-order valence-electron chi connectivity index (χ0n) is 18.5. The molecule has 1 nitrogen and oxygen atoms in total. The highest BCUT2D eigenvalue weighted by molar-refractivity contribution is 6.50. The summed E-state index contributed by atoms with van der Waals surface area (Å²) in [5, 5.41) is 1.26. The van der Waals surface area contributed by atoms with Crippen molar-refractivity contribution in [2.75, 3.05) is 6.61 Å². The molecule has 154 valence electrons. The summed E-state index contributed by atoms with van der Waals surface area (Å²) >= 11 is 0. The molecule has 0 aromatic heterocycles. The number of rotatable bonds is 7. The fourth-order valence-electron chi connectivity index (χ4n) is 4.06. The van der Waals surface area contributed by atoms with Gasteiger partial charge in [0, 0.05) is 6.61 Å². The molecule has 2 radical (unpaired) electrons. The Morgan fingerprint density at radius 3 is 1.84 bits per heavy atom. The largest absolute Gasteiger partial charge is 0.411 e. The number of hydrogen-bond donors (Lipinski definition) is 0. The molecule has 0 fully saturated rings. The standard InChI is InChI=1S/C29H28OSi/c1-21-11-4-7-14-24(21)19-20-30-31-28-18-10-17-27(25-15-8-5-12-22(25)2)29(28)26-16-9-6-13-23(26)3/h4-18H,19-20H2,1-3H3. The Hall–Kier alpha value is -2.94. The molecule has 0 aliphatic rings. The van der Waals surface area contributed by atoms with Gasteiger partial charge in [-0.3, -0.25) is 0 Å². The van der Waals surface area contributed by atoms with Gasteiger partial charge in [-0.25, -0.2) is 0 Å². The molecule has 0 spiro atoms. The Labute approximate surface area is 188 Å². The highest BCUT2D eigenvalue weighted by Gasteiger charge is 2.16. The minimum Gasteiger partial charge on any atom is -0.411 e. The third kappa shape index (κ3) is 4.87. The van der Waals surface area contributed by atoms with E-state index < -0.39 is 0 Å². The molecule has 2 heteroatoms. The zero-order valence-corrected chi connectivity index (χ0v) is 19.5. The molecule has 0 aliphatic carbocycles. The first kappa shape index (κ1) is 21.3. The van der Waals surface area contributed by atoms with E-state index in [0.29, 0.717) is 9.76 Å². The highest BCUT2D eigenvalue weighted by atomic mass is 28.2. The van der Waals surface area contributed by atoms with Gasteiger partial charge in [0.2, 0.25) is 0 Å². The zero-order chi connectivity index (χ0) is 21.6. The van der Waals surface area contributed by atoms with Gasteiger partial charge >= 0.3 is 0 Å². The third-order valence-corrected chi connectivity index (χ3v) is 6.82. The Balaban J connectivity index is 1.66. The lowest BCUT2D eigenvalue weighted by Crippen LogP contribution is -2.22. The molecule has 0 heterocycles. The van der Waals surface area contributed by atoms with Crippen LogP contribution in [0.1, 0.15) is 22.3 Å². The van der Waals surface area contributed by atoms with Crippen molar-refractivity contribution in [1.29, 1.82) is 0 Å². The van der Waals surface area contributed by atoms with E-state index >= 15 is 0 Å². The van der Waals surface area contributed by atoms with Gasteiger partial charge in [0.25, 0.3) is 9.76 Å². The van der Waals surface area contributed by atoms with Crippen molar-refractivity contribution < 1.29 is 4.43 Å². The van der Waals surface area contributed by atoms with E-state index in [1.807, 2.05) is 0 Å². The van der Waals surface area contributed by atoms with E-state index in [0.717, 1.165) is 13.0 Å². The smallest absolute Gasteiger partial charge is 0.269 e. The van der Waals surface area contributed by atoms with Gasteiger partial charge in [-0.05, 0) is 76.9 Å².